The molecule has 2 aliphatic heterocycles. The maximum Gasteiger partial charge on any atom is 0.259 e. The van der Waals surface area contributed by atoms with Crippen molar-refractivity contribution in [1.29, 1.82) is 0 Å². The third-order valence-corrected chi connectivity index (χ3v) is 8.71. The molecule has 2 aromatic rings. The van der Waals surface area contributed by atoms with Crippen LogP contribution in [0.3, 0.4) is 0 Å². The fourth-order valence-corrected chi connectivity index (χ4v) is 6.23. The average Bonchev–Trinajstić information content (AvgIpc) is 3.27. The molecule has 0 bridgehead atoms. The van der Waals surface area contributed by atoms with Crippen LogP contribution in [0.1, 0.15) is 68.6 Å². The number of hydrogen-bond acceptors (Lipinski definition) is 6. The molecule has 1 saturated carbocycles. The van der Waals surface area contributed by atoms with E-state index in [-0.39, 0.29) is 30.2 Å². The van der Waals surface area contributed by atoms with Gasteiger partial charge < -0.3 is 10.6 Å². The van der Waals surface area contributed by atoms with Crippen molar-refractivity contribution in [1.82, 2.24) is 15.5 Å². The number of nitrogens with zero attached hydrogens (tertiary/aromatic N) is 3. The molecule has 1 aliphatic carbocycles. The molecule has 9 heteroatoms. The molecular formula is C30H35N5O3S. The van der Waals surface area contributed by atoms with Crippen molar-refractivity contribution in [2.45, 2.75) is 82.7 Å². The molecule has 2 aromatic carbocycles. The molecule has 5 rings (SSSR count). The van der Waals surface area contributed by atoms with E-state index in [1.54, 1.807) is 0 Å². The second kappa shape index (κ2) is 12.2. The third-order valence-electron chi connectivity index (χ3n) is 7.39. The third kappa shape index (κ3) is 6.24. The summed E-state index contributed by atoms with van der Waals surface area (Å²) in [4.78, 5) is 50.5. The maximum atomic E-state index is 13.6. The van der Waals surface area contributed by atoms with E-state index < -0.39 is 11.3 Å². The number of hydrogen-bond donors (Lipinski definition) is 2. The minimum atomic E-state index is -0.809. The molecule has 2 N–H and O–H groups in total. The average molecular weight is 546 g/mol. The molecular weight excluding hydrogens is 510 g/mol. The molecule has 204 valence electrons. The number of nitrogens with one attached hydrogen (secondary N) is 2. The Kier molecular flexibility index (Phi) is 8.45. The van der Waals surface area contributed by atoms with Gasteiger partial charge in [0, 0.05) is 18.2 Å². The van der Waals surface area contributed by atoms with Crippen molar-refractivity contribution in [3.63, 3.8) is 0 Å². The Balaban J connectivity index is 1.30. The van der Waals surface area contributed by atoms with Crippen molar-refractivity contribution >= 4 is 46.2 Å². The van der Waals surface area contributed by atoms with Gasteiger partial charge in [0.2, 0.25) is 11.8 Å². The molecule has 0 saturated heterocycles. The fraction of sp³-hybridized carbons (Fsp3) is 0.433. The van der Waals surface area contributed by atoms with Gasteiger partial charge in [0.25, 0.3) is 5.91 Å². The molecule has 39 heavy (non-hydrogen) atoms. The van der Waals surface area contributed by atoms with Crippen LogP contribution in [0.25, 0.3) is 0 Å². The summed E-state index contributed by atoms with van der Waals surface area (Å²) in [7, 11) is 0. The Labute approximate surface area is 233 Å². The predicted molar refractivity (Wildman–Crippen MR) is 155 cm³/mol. The van der Waals surface area contributed by atoms with Crippen molar-refractivity contribution in [2.24, 2.45) is 9.98 Å². The van der Waals surface area contributed by atoms with E-state index in [9.17, 15) is 14.4 Å². The van der Waals surface area contributed by atoms with Crippen LogP contribution in [-0.2, 0) is 20.9 Å². The monoisotopic (exact) mass is 545 g/mol. The summed E-state index contributed by atoms with van der Waals surface area (Å²) in [6.45, 7) is 4.40. The molecule has 3 amide bonds. The van der Waals surface area contributed by atoms with E-state index in [0.29, 0.717) is 29.7 Å². The molecule has 0 aromatic heterocycles. The lowest BCUT2D eigenvalue weighted by atomic mass is 9.95. The smallest absolute Gasteiger partial charge is 0.259 e. The first-order valence-corrected chi connectivity index (χ1v) is 14.7. The molecule has 0 unspecified atom stereocenters. The van der Waals surface area contributed by atoms with Gasteiger partial charge >= 0.3 is 0 Å². The first-order valence-electron chi connectivity index (χ1n) is 13.8. The summed E-state index contributed by atoms with van der Waals surface area (Å²) in [5.41, 5.74) is 3.64. The minimum absolute atomic E-state index is 0.00366. The minimum Gasteiger partial charge on any atom is -0.353 e. The van der Waals surface area contributed by atoms with E-state index >= 15 is 0 Å². The van der Waals surface area contributed by atoms with Crippen LogP contribution in [0.2, 0.25) is 0 Å². The van der Waals surface area contributed by atoms with Crippen molar-refractivity contribution < 1.29 is 14.4 Å². The number of fused-ring (bicyclic) bond motifs is 3. The van der Waals surface area contributed by atoms with Gasteiger partial charge in [-0.2, -0.15) is 0 Å². The van der Waals surface area contributed by atoms with Gasteiger partial charge in [0.15, 0.2) is 5.17 Å². The Hall–Kier alpha value is -3.46. The predicted octanol–water partition coefficient (Wildman–Crippen LogP) is 4.62. The Bertz CT molecular complexity index is 1300. The summed E-state index contributed by atoms with van der Waals surface area (Å²) in [5, 5.41) is 6.10. The first kappa shape index (κ1) is 27.1. The van der Waals surface area contributed by atoms with Crippen LogP contribution in [-0.4, -0.2) is 51.0 Å². The lowest BCUT2D eigenvalue weighted by Gasteiger charge is -2.27. The van der Waals surface area contributed by atoms with Gasteiger partial charge in [-0.25, -0.2) is 9.89 Å². The molecule has 3 aliphatic rings. The number of amidine groups is 2. The highest BCUT2D eigenvalue weighted by Crippen LogP contribution is 2.35. The number of carbonyl (C=O) groups is 3. The number of amides is 3. The molecule has 1 fully saturated rings. The normalized spacial score (nSPS) is 19.5. The van der Waals surface area contributed by atoms with E-state index in [2.05, 4.69) is 10.6 Å². The lowest BCUT2D eigenvalue weighted by Crippen LogP contribution is -2.44. The van der Waals surface area contributed by atoms with Gasteiger partial charge in [-0.3, -0.25) is 19.4 Å². The number of para-hydroxylation sites is 1. The topological polar surface area (TPSA) is 103 Å². The van der Waals surface area contributed by atoms with Crippen molar-refractivity contribution in [3.8, 4) is 0 Å². The second-order valence-corrected chi connectivity index (χ2v) is 11.5. The fourth-order valence-electron chi connectivity index (χ4n) is 5.18. The summed E-state index contributed by atoms with van der Waals surface area (Å²) in [5.74, 6) is -0.0399. The largest absolute Gasteiger partial charge is 0.353 e. The van der Waals surface area contributed by atoms with Crippen molar-refractivity contribution in [2.75, 3.05) is 0 Å². The van der Waals surface area contributed by atoms with E-state index in [4.69, 9.17) is 9.98 Å². The first-order chi connectivity index (χ1) is 18.9. The zero-order valence-electron chi connectivity index (χ0n) is 22.5. The molecule has 0 radical (unpaired) electrons. The SMILES string of the molecule is CC[C@H](SC1=Nc2ccccc2C2=N[C@H](CC(=O)NC3CCCCC3)C(=O)N12)C(=O)NCc1ccc(C)cc1. The van der Waals surface area contributed by atoms with Crippen molar-refractivity contribution in [3.05, 3.63) is 65.2 Å². The number of rotatable bonds is 8. The van der Waals surface area contributed by atoms with Gasteiger partial charge in [0.05, 0.1) is 17.4 Å². The highest BCUT2D eigenvalue weighted by molar-refractivity contribution is 8.15. The van der Waals surface area contributed by atoms with Gasteiger partial charge in [-0.05, 0) is 43.9 Å². The van der Waals surface area contributed by atoms with Crippen LogP contribution < -0.4 is 10.6 Å². The summed E-state index contributed by atoms with van der Waals surface area (Å²) in [6, 6.07) is 14.9. The van der Waals surface area contributed by atoms with Crippen LogP contribution in [0.4, 0.5) is 5.69 Å². The van der Waals surface area contributed by atoms with Crippen LogP contribution in [0, 0.1) is 6.92 Å². The number of aryl methyl sites for hydroxylation is 1. The Morgan fingerprint density at radius 1 is 1.08 bits per heavy atom. The highest BCUT2D eigenvalue weighted by Gasteiger charge is 2.43. The van der Waals surface area contributed by atoms with Gasteiger partial charge in [-0.15, -0.1) is 0 Å². The van der Waals surface area contributed by atoms with E-state index in [1.165, 1.54) is 28.6 Å². The van der Waals surface area contributed by atoms with Crippen LogP contribution >= 0.6 is 11.8 Å². The summed E-state index contributed by atoms with van der Waals surface area (Å²) < 4.78 is 0. The Morgan fingerprint density at radius 2 is 1.82 bits per heavy atom. The van der Waals surface area contributed by atoms with Gasteiger partial charge in [0.1, 0.15) is 11.9 Å². The number of benzene rings is 2. The number of thioether (sulfide) groups is 1. The summed E-state index contributed by atoms with van der Waals surface area (Å²) in [6.07, 6.45) is 5.98. The van der Waals surface area contributed by atoms with Gasteiger partial charge in [-0.1, -0.05) is 79.9 Å². The number of carbonyl (C=O) groups excluding carboxylic acids is 3. The quantitative estimate of drug-likeness (QED) is 0.505. The zero-order chi connectivity index (χ0) is 27.4. The number of aliphatic imine (C=N–C) groups is 2. The zero-order valence-corrected chi connectivity index (χ0v) is 23.3. The molecule has 2 atom stereocenters. The van der Waals surface area contributed by atoms with E-state index in [0.717, 1.165) is 36.8 Å². The highest BCUT2D eigenvalue weighted by atomic mass is 32.2. The standard InChI is InChI=1S/C30H35N5O3S/c1-3-25(28(37)31-18-20-15-13-19(2)14-16-20)39-30-34-23-12-8-7-11-22(23)27-33-24(29(38)35(27)30)17-26(36)32-21-9-5-4-6-10-21/h7-8,11-16,21,24-25H,3-6,9-10,17-18H2,1-2H3,(H,31,37)(H,32,36)/t24-,25+/m1/s1. The van der Waals surface area contributed by atoms with Crippen LogP contribution in [0.15, 0.2) is 58.5 Å². The lowest BCUT2D eigenvalue weighted by molar-refractivity contribution is -0.129. The maximum absolute atomic E-state index is 13.6. The van der Waals surface area contributed by atoms with E-state index in [1.807, 2.05) is 62.4 Å². The Morgan fingerprint density at radius 3 is 2.56 bits per heavy atom. The molecule has 8 nitrogen and oxygen atoms in total. The summed E-state index contributed by atoms with van der Waals surface area (Å²) >= 11 is 1.27. The molecule has 2 heterocycles. The molecule has 0 spiro atoms. The second-order valence-electron chi connectivity index (χ2n) is 10.4. The van der Waals surface area contributed by atoms with Crippen LogP contribution in [0.5, 0.6) is 0 Å².